The molecule has 0 atom stereocenters. The van der Waals surface area contributed by atoms with Gasteiger partial charge >= 0.3 is 6.03 Å². The summed E-state index contributed by atoms with van der Waals surface area (Å²) in [6, 6.07) is 7.69. The maximum atomic E-state index is 13.5. The summed E-state index contributed by atoms with van der Waals surface area (Å²) in [4.78, 5) is 24.2. The Labute approximate surface area is 157 Å². The van der Waals surface area contributed by atoms with Gasteiger partial charge in [-0.3, -0.25) is 4.79 Å². The number of nitrogens with two attached hydrogens (primary N) is 1. The lowest BCUT2D eigenvalue weighted by molar-refractivity contribution is 0.0955. The molecule has 2 rings (SSSR count). The molecule has 2 aromatic rings. The summed E-state index contributed by atoms with van der Waals surface area (Å²) in [5.41, 5.74) is 5.93. The van der Waals surface area contributed by atoms with E-state index in [-0.39, 0.29) is 24.3 Å². The van der Waals surface area contributed by atoms with Gasteiger partial charge in [0.25, 0.3) is 5.91 Å². The van der Waals surface area contributed by atoms with Crippen molar-refractivity contribution < 1.29 is 14.0 Å². The molecule has 9 heteroatoms. The summed E-state index contributed by atoms with van der Waals surface area (Å²) in [7, 11) is 0. The van der Waals surface area contributed by atoms with Crippen LogP contribution in [0.5, 0.6) is 0 Å². The topological polar surface area (TPSA) is 96.2 Å². The van der Waals surface area contributed by atoms with E-state index in [0.717, 1.165) is 12.1 Å². The van der Waals surface area contributed by atoms with Gasteiger partial charge in [0, 0.05) is 28.3 Å². The molecule has 6 nitrogen and oxygen atoms in total. The van der Waals surface area contributed by atoms with Gasteiger partial charge in [-0.15, -0.1) is 0 Å². The molecule has 2 aromatic carbocycles. The number of amides is 3. The monoisotopic (exact) mass is 428 g/mol. The van der Waals surface area contributed by atoms with E-state index in [1.165, 1.54) is 6.07 Å². The predicted octanol–water partition coefficient (Wildman–Crippen LogP) is 3.57. The van der Waals surface area contributed by atoms with E-state index < -0.39 is 17.8 Å². The number of anilines is 2. The fourth-order valence-electron chi connectivity index (χ4n) is 2.01. The largest absolute Gasteiger partial charge is 0.351 e. The number of carbonyl (C=O) groups is 2. The Bertz CT molecular complexity index is 783. The molecule has 0 saturated heterocycles. The van der Waals surface area contributed by atoms with Gasteiger partial charge in [0.2, 0.25) is 0 Å². The molecule has 0 aliphatic rings. The minimum atomic E-state index is -0.646. The van der Waals surface area contributed by atoms with Crippen molar-refractivity contribution in [2.24, 2.45) is 5.73 Å². The number of hydrogen-bond acceptors (Lipinski definition) is 3. The van der Waals surface area contributed by atoms with Gasteiger partial charge in [0.05, 0.1) is 11.3 Å². The molecular formula is C16H15BrClFN4O2. The second kappa shape index (κ2) is 8.80. The summed E-state index contributed by atoms with van der Waals surface area (Å²) in [6.07, 6.45) is 0. The molecule has 0 aliphatic heterocycles. The molecule has 3 amide bonds. The molecule has 0 fully saturated rings. The van der Waals surface area contributed by atoms with Crippen molar-refractivity contribution in [3.05, 3.63) is 57.3 Å². The number of urea groups is 1. The van der Waals surface area contributed by atoms with Crippen LogP contribution in [-0.2, 0) is 0 Å². The van der Waals surface area contributed by atoms with Crippen LogP contribution in [0.2, 0.25) is 5.02 Å². The van der Waals surface area contributed by atoms with Crippen LogP contribution in [-0.4, -0.2) is 25.0 Å². The average Bonchev–Trinajstić information content (AvgIpc) is 2.51. The zero-order valence-corrected chi connectivity index (χ0v) is 15.2. The molecule has 0 bridgehead atoms. The standard InChI is InChI=1S/C16H15BrClFN4O2/c17-9-5-10(18)7-12(6-9)22-16(25)23-14-8-11(19)1-2-13(14)15(24)21-4-3-20/h1-2,5-8H,3-4,20H2,(H,21,24)(H2,22,23,25). The lowest BCUT2D eigenvalue weighted by Gasteiger charge is -2.12. The molecular weight excluding hydrogens is 415 g/mol. The number of rotatable bonds is 5. The van der Waals surface area contributed by atoms with E-state index in [1.807, 2.05) is 0 Å². The summed E-state index contributed by atoms with van der Waals surface area (Å²) in [5.74, 6) is -1.05. The Morgan fingerprint density at radius 3 is 2.60 bits per heavy atom. The van der Waals surface area contributed by atoms with E-state index in [1.54, 1.807) is 18.2 Å². The smallest absolute Gasteiger partial charge is 0.323 e. The lowest BCUT2D eigenvalue weighted by Crippen LogP contribution is -2.30. The van der Waals surface area contributed by atoms with Crippen LogP contribution in [0, 0.1) is 5.82 Å². The third-order valence-corrected chi connectivity index (χ3v) is 3.70. The molecule has 0 radical (unpaired) electrons. The maximum absolute atomic E-state index is 13.5. The van der Waals surface area contributed by atoms with Crippen LogP contribution in [0.4, 0.5) is 20.6 Å². The summed E-state index contributed by atoms with van der Waals surface area (Å²) in [5, 5.41) is 8.01. The highest BCUT2D eigenvalue weighted by atomic mass is 79.9. The summed E-state index contributed by atoms with van der Waals surface area (Å²) in [6.45, 7) is 0.526. The van der Waals surface area contributed by atoms with E-state index in [0.29, 0.717) is 15.2 Å². The molecule has 132 valence electrons. The van der Waals surface area contributed by atoms with Crippen molar-refractivity contribution in [3.63, 3.8) is 0 Å². The normalized spacial score (nSPS) is 10.2. The van der Waals surface area contributed by atoms with Crippen molar-refractivity contribution in [1.29, 1.82) is 0 Å². The molecule has 0 saturated carbocycles. The van der Waals surface area contributed by atoms with Crippen LogP contribution in [0.15, 0.2) is 40.9 Å². The zero-order chi connectivity index (χ0) is 18.4. The molecule has 0 heterocycles. The van der Waals surface area contributed by atoms with E-state index >= 15 is 0 Å². The fourth-order valence-corrected chi connectivity index (χ4v) is 2.87. The minimum absolute atomic E-state index is 0.0353. The first-order valence-corrected chi connectivity index (χ1v) is 8.38. The third kappa shape index (κ3) is 5.70. The van der Waals surface area contributed by atoms with Gasteiger partial charge in [-0.2, -0.15) is 0 Å². The first-order chi connectivity index (χ1) is 11.9. The van der Waals surface area contributed by atoms with Gasteiger partial charge < -0.3 is 21.7 Å². The fraction of sp³-hybridized carbons (Fsp3) is 0.125. The minimum Gasteiger partial charge on any atom is -0.351 e. The van der Waals surface area contributed by atoms with E-state index in [2.05, 4.69) is 31.9 Å². The Balaban J connectivity index is 2.16. The Hall–Kier alpha value is -2.16. The van der Waals surface area contributed by atoms with Crippen LogP contribution < -0.4 is 21.7 Å². The highest BCUT2D eigenvalue weighted by molar-refractivity contribution is 9.10. The highest BCUT2D eigenvalue weighted by Crippen LogP contribution is 2.23. The van der Waals surface area contributed by atoms with Crippen molar-refractivity contribution in [3.8, 4) is 0 Å². The number of hydrogen-bond donors (Lipinski definition) is 4. The van der Waals surface area contributed by atoms with Crippen molar-refractivity contribution >= 4 is 50.8 Å². The van der Waals surface area contributed by atoms with Crippen molar-refractivity contribution in [2.75, 3.05) is 23.7 Å². The Morgan fingerprint density at radius 1 is 1.16 bits per heavy atom. The maximum Gasteiger partial charge on any atom is 0.323 e. The molecule has 0 spiro atoms. The molecule has 5 N–H and O–H groups in total. The first kappa shape index (κ1) is 19.2. The quantitative estimate of drug-likeness (QED) is 0.585. The van der Waals surface area contributed by atoms with Crippen LogP contribution in [0.25, 0.3) is 0 Å². The van der Waals surface area contributed by atoms with Gasteiger partial charge in [-0.25, -0.2) is 9.18 Å². The summed E-state index contributed by atoms with van der Waals surface area (Å²) >= 11 is 9.18. The second-order valence-electron chi connectivity index (χ2n) is 4.97. The SMILES string of the molecule is NCCNC(=O)c1ccc(F)cc1NC(=O)Nc1cc(Cl)cc(Br)c1. The number of halogens is 3. The number of benzene rings is 2. The molecule has 0 aliphatic carbocycles. The van der Waals surface area contributed by atoms with Gasteiger partial charge in [-0.05, 0) is 36.4 Å². The second-order valence-corrected chi connectivity index (χ2v) is 6.32. The predicted molar refractivity (Wildman–Crippen MR) is 99.6 cm³/mol. The molecule has 0 unspecified atom stereocenters. The van der Waals surface area contributed by atoms with E-state index in [4.69, 9.17) is 17.3 Å². The van der Waals surface area contributed by atoms with Crippen LogP contribution in [0.1, 0.15) is 10.4 Å². The third-order valence-electron chi connectivity index (χ3n) is 3.02. The number of nitrogens with one attached hydrogen (secondary N) is 3. The van der Waals surface area contributed by atoms with Gasteiger partial charge in [0.1, 0.15) is 5.82 Å². The van der Waals surface area contributed by atoms with E-state index in [9.17, 15) is 14.0 Å². The Kier molecular flexibility index (Phi) is 6.74. The Morgan fingerprint density at radius 2 is 1.92 bits per heavy atom. The lowest BCUT2D eigenvalue weighted by atomic mass is 10.1. The zero-order valence-electron chi connectivity index (χ0n) is 12.9. The first-order valence-electron chi connectivity index (χ1n) is 7.21. The highest BCUT2D eigenvalue weighted by Gasteiger charge is 2.14. The van der Waals surface area contributed by atoms with Crippen LogP contribution >= 0.6 is 27.5 Å². The molecule has 0 aromatic heterocycles. The van der Waals surface area contributed by atoms with Gasteiger partial charge in [-0.1, -0.05) is 27.5 Å². The van der Waals surface area contributed by atoms with Gasteiger partial charge in [0.15, 0.2) is 0 Å². The molecule has 25 heavy (non-hydrogen) atoms. The van der Waals surface area contributed by atoms with Crippen molar-refractivity contribution in [2.45, 2.75) is 0 Å². The summed E-state index contributed by atoms with van der Waals surface area (Å²) < 4.78 is 14.2. The average molecular weight is 430 g/mol. The van der Waals surface area contributed by atoms with Crippen molar-refractivity contribution in [1.82, 2.24) is 5.32 Å². The number of carbonyl (C=O) groups excluding carboxylic acids is 2. The van der Waals surface area contributed by atoms with Crippen LogP contribution in [0.3, 0.4) is 0 Å².